The fourth-order valence-electron chi connectivity index (χ4n) is 3.48. The number of aromatic nitrogens is 2. The van der Waals surface area contributed by atoms with E-state index in [0.29, 0.717) is 18.1 Å². The molecule has 6 nitrogen and oxygen atoms in total. The third-order valence-electron chi connectivity index (χ3n) is 4.76. The molecule has 1 aliphatic heterocycles. The van der Waals surface area contributed by atoms with E-state index in [-0.39, 0.29) is 0 Å². The topological polar surface area (TPSA) is 67.6 Å². The summed E-state index contributed by atoms with van der Waals surface area (Å²) in [5.41, 5.74) is 1.48. The molecule has 1 N–H and O–H groups in total. The molecule has 1 atom stereocenters. The minimum absolute atomic E-state index is 0.334. The second-order valence-corrected chi connectivity index (χ2v) is 6.55. The van der Waals surface area contributed by atoms with Gasteiger partial charge in [0.25, 0.3) is 0 Å². The summed E-state index contributed by atoms with van der Waals surface area (Å²) >= 11 is 0. The number of carboxylic acid groups (broad SMARTS) is 1. The zero-order valence-corrected chi connectivity index (χ0v) is 14.6. The van der Waals surface area contributed by atoms with Gasteiger partial charge in [-0.3, -0.25) is 4.90 Å². The maximum atomic E-state index is 11.0. The van der Waals surface area contributed by atoms with Gasteiger partial charge in [0, 0.05) is 45.1 Å². The number of piperidine rings is 1. The number of likely N-dealkylation sites (tertiary alicyclic amines) is 1. The van der Waals surface area contributed by atoms with Crippen molar-refractivity contribution in [1.29, 1.82) is 0 Å². The van der Waals surface area contributed by atoms with E-state index in [0.717, 1.165) is 50.4 Å². The number of carboxylic acids is 1. The standard InChI is InChI=1S/C19H25N3O3/c1-25-12-11-22-10-8-20-18(22)17-3-2-9-21(14-17)13-15-4-6-16(7-5-15)19(23)24/h4-8,10,17H,2-3,9,11-14H2,1H3,(H,23,24)/t17-/m1/s1. The van der Waals surface area contributed by atoms with E-state index in [9.17, 15) is 4.79 Å². The zero-order valence-electron chi connectivity index (χ0n) is 14.6. The van der Waals surface area contributed by atoms with Gasteiger partial charge in [-0.1, -0.05) is 12.1 Å². The van der Waals surface area contributed by atoms with Gasteiger partial charge in [0.2, 0.25) is 0 Å². The third-order valence-corrected chi connectivity index (χ3v) is 4.76. The Hall–Kier alpha value is -2.18. The molecule has 25 heavy (non-hydrogen) atoms. The van der Waals surface area contributed by atoms with Gasteiger partial charge < -0.3 is 14.4 Å². The molecule has 134 valence electrons. The van der Waals surface area contributed by atoms with Crippen LogP contribution in [0.15, 0.2) is 36.7 Å². The van der Waals surface area contributed by atoms with Crippen LogP contribution in [0.5, 0.6) is 0 Å². The first-order valence-corrected chi connectivity index (χ1v) is 8.72. The molecule has 0 unspecified atom stereocenters. The number of rotatable bonds is 7. The smallest absolute Gasteiger partial charge is 0.335 e. The quantitative estimate of drug-likeness (QED) is 0.837. The van der Waals surface area contributed by atoms with Gasteiger partial charge in [-0.25, -0.2) is 9.78 Å². The Labute approximate surface area is 148 Å². The molecule has 2 heterocycles. The molecular weight excluding hydrogens is 318 g/mol. The Balaban J connectivity index is 1.63. The van der Waals surface area contributed by atoms with E-state index < -0.39 is 5.97 Å². The highest BCUT2D eigenvalue weighted by molar-refractivity contribution is 5.87. The first-order chi connectivity index (χ1) is 12.2. The molecule has 1 fully saturated rings. The molecule has 6 heteroatoms. The third kappa shape index (κ3) is 4.46. The van der Waals surface area contributed by atoms with Crippen LogP contribution in [0.3, 0.4) is 0 Å². The van der Waals surface area contributed by atoms with E-state index in [4.69, 9.17) is 9.84 Å². The van der Waals surface area contributed by atoms with Crippen LogP contribution >= 0.6 is 0 Å². The Bertz CT molecular complexity index is 696. The number of methoxy groups -OCH3 is 1. The normalized spacial score (nSPS) is 18.4. The van der Waals surface area contributed by atoms with Gasteiger partial charge >= 0.3 is 5.97 Å². The van der Waals surface area contributed by atoms with Crippen LogP contribution in [0, 0.1) is 0 Å². The van der Waals surface area contributed by atoms with E-state index in [2.05, 4.69) is 14.5 Å². The van der Waals surface area contributed by atoms with E-state index in [1.54, 1.807) is 19.2 Å². The highest BCUT2D eigenvalue weighted by Crippen LogP contribution is 2.27. The molecule has 3 rings (SSSR count). The lowest BCUT2D eigenvalue weighted by molar-refractivity contribution is 0.0697. The number of imidazole rings is 1. The summed E-state index contributed by atoms with van der Waals surface area (Å²) in [6.07, 6.45) is 6.19. The predicted molar refractivity (Wildman–Crippen MR) is 94.8 cm³/mol. The van der Waals surface area contributed by atoms with Gasteiger partial charge in [-0.2, -0.15) is 0 Å². The predicted octanol–water partition coefficient (Wildman–Crippen LogP) is 2.61. The van der Waals surface area contributed by atoms with Crippen LogP contribution in [-0.2, 0) is 17.8 Å². The number of hydrogen-bond donors (Lipinski definition) is 1. The molecule has 1 aromatic carbocycles. The molecule has 2 aromatic rings. The van der Waals surface area contributed by atoms with Crippen molar-refractivity contribution in [3.8, 4) is 0 Å². The molecule has 1 saturated heterocycles. The highest BCUT2D eigenvalue weighted by atomic mass is 16.5. The first-order valence-electron chi connectivity index (χ1n) is 8.72. The summed E-state index contributed by atoms with van der Waals surface area (Å²) in [7, 11) is 1.72. The number of benzene rings is 1. The molecule has 0 radical (unpaired) electrons. The molecule has 1 aromatic heterocycles. The lowest BCUT2D eigenvalue weighted by Crippen LogP contribution is -2.35. The van der Waals surface area contributed by atoms with Crippen molar-refractivity contribution in [2.24, 2.45) is 0 Å². The maximum Gasteiger partial charge on any atom is 0.335 e. The molecular formula is C19H25N3O3. The highest BCUT2D eigenvalue weighted by Gasteiger charge is 2.24. The number of hydrogen-bond acceptors (Lipinski definition) is 4. The Morgan fingerprint density at radius 1 is 1.36 bits per heavy atom. The van der Waals surface area contributed by atoms with Crippen molar-refractivity contribution in [3.63, 3.8) is 0 Å². The van der Waals surface area contributed by atoms with Crippen LogP contribution in [-0.4, -0.2) is 52.3 Å². The van der Waals surface area contributed by atoms with Crippen LogP contribution in [0.25, 0.3) is 0 Å². The van der Waals surface area contributed by atoms with Crippen LogP contribution in [0.4, 0.5) is 0 Å². The van der Waals surface area contributed by atoms with Gasteiger partial charge in [0.15, 0.2) is 0 Å². The van der Waals surface area contributed by atoms with Crippen molar-refractivity contribution >= 4 is 5.97 Å². The summed E-state index contributed by atoms with van der Waals surface area (Å²) in [5, 5.41) is 9.00. The molecule has 1 aliphatic rings. The summed E-state index contributed by atoms with van der Waals surface area (Å²) in [6, 6.07) is 7.17. The maximum absolute atomic E-state index is 11.0. The summed E-state index contributed by atoms with van der Waals surface area (Å²) in [6.45, 7) is 4.41. The summed E-state index contributed by atoms with van der Waals surface area (Å²) in [4.78, 5) is 18.0. The Kier molecular flexibility index (Phi) is 5.83. The van der Waals surface area contributed by atoms with Gasteiger partial charge in [-0.15, -0.1) is 0 Å². The van der Waals surface area contributed by atoms with Gasteiger partial charge in [0.1, 0.15) is 5.82 Å². The zero-order chi connectivity index (χ0) is 17.6. The molecule has 0 saturated carbocycles. The van der Waals surface area contributed by atoms with Crippen molar-refractivity contribution in [2.45, 2.75) is 31.8 Å². The fourth-order valence-corrected chi connectivity index (χ4v) is 3.48. The first kappa shape index (κ1) is 17.6. The lowest BCUT2D eigenvalue weighted by atomic mass is 9.96. The molecule has 0 amide bonds. The van der Waals surface area contributed by atoms with E-state index >= 15 is 0 Å². The molecule has 0 spiro atoms. The van der Waals surface area contributed by atoms with E-state index in [1.165, 1.54) is 0 Å². The molecule has 0 bridgehead atoms. The summed E-state index contributed by atoms with van der Waals surface area (Å²) < 4.78 is 7.38. The Morgan fingerprint density at radius 3 is 2.88 bits per heavy atom. The number of nitrogens with zero attached hydrogens (tertiary/aromatic N) is 3. The van der Waals surface area contributed by atoms with Crippen LogP contribution in [0.1, 0.15) is 40.5 Å². The average molecular weight is 343 g/mol. The Morgan fingerprint density at radius 2 is 2.16 bits per heavy atom. The van der Waals surface area contributed by atoms with Crippen LogP contribution < -0.4 is 0 Å². The van der Waals surface area contributed by atoms with E-state index in [1.807, 2.05) is 24.5 Å². The van der Waals surface area contributed by atoms with Crippen molar-refractivity contribution in [3.05, 3.63) is 53.6 Å². The lowest BCUT2D eigenvalue weighted by Gasteiger charge is -2.32. The summed E-state index contributed by atoms with van der Waals surface area (Å²) in [5.74, 6) is 0.689. The largest absolute Gasteiger partial charge is 0.478 e. The van der Waals surface area contributed by atoms with Gasteiger partial charge in [0.05, 0.1) is 12.2 Å². The van der Waals surface area contributed by atoms with Crippen molar-refractivity contribution in [1.82, 2.24) is 14.5 Å². The average Bonchev–Trinajstić information content (AvgIpc) is 3.09. The molecule has 0 aliphatic carbocycles. The SMILES string of the molecule is COCCn1ccnc1[C@@H]1CCCN(Cc2ccc(C(=O)O)cc2)C1. The number of carbonyl (C=O) groups is 1. The van der Waals surface area contributed by atoms with Crippen LogP contribution in [0.2, 0.25) is 0 Å². The monoisotopic (exact) mass is 343 g/mol. The fraction of sp³-hybridized carbons (Fsp3) is 0.474. The number of aromatic carboxylic acids is 1. The van der Waals surface area contributed by atoms with Crippen molar-refractivity contribution in [2.75, 3.05) is 26.8 Å². The van der Waals surface area contributed by atoms with Crippen molar-refractivity contribution < 1.29 is 14.6 Å². The second kappa shape index (κ2) is 8.27. The van der Waals surface area contributed by atoms with Gasteiger partial charge in [-0.05, 0) is 37.1 Å². The second-order valence-electron chi connectivity index (χ2n) is 6.55. The minimum atomic E-state index is -0.882. The minimum Gasteiger partial charge on any atom is -0.478 e. The number of ether oxygens (including phenoxy) is 1.